The Kier molecular flexibility index (Phi) is 5.63. The van der Waals surface area contributed by atoms with Crippen molar-refractivity contribution in [3.63, 3.8) is 0 Å². The fourth-order valence-corrected chi connectivity index (χ4v) is 3.00. The molecule has 2 aromatic carbocycles. The number of hydrogen-bond donors (Lipinski definition) is 2. The molecule has 116 valence electrons. The molecule has 1 unspecified atom stereocenters. The van der Waals surface area contributed by atoms with Gasteiger partial charge in [-0.15, -0.1) is 0 Å². The number of thioether (sulfide) groups is 1. The van der Waals surface area contributed by atoms with Gasteiger partial charge in [-0.3, -0.25) is 4.79 Å². The van der Waals surface area contributed by atoms with Gasteiger partial charge in [0, 0.05) is 17.9 Å². The summed E-state index contributed by atoms with van der Waals surface area (Å²) in [5.41, 5.74) is 1.61. The molecule has 0 saturated heterocycles. The minimum atomic E-state index is -0.906. The molecule has 0 aliphatic heterocycles. The Balaban J connectivity index is 2.17. The second-order valence-electron chi connectivity index (χ2n) is 5.52. The van der Waals surface area contributed by atoms with E-state index in [9.17, 15) is 9.90 Å². The van der Waals surface area contributed by atoms with Crippen molar-refractivity contribution in [2.45, 2.75) is 12.5 Å². The summed E-state index contributed by atoms with van der Waals surface area (Å²) in [6.45, 7) is 1.96. The van der Waals surface area contributed by atoms with Crippen LogP contribution in [0.3, 0.4) is 0 Å². The predicted molar refractivity (Wildman–Crippen MR) is 93.2 cm³/mol. The quantitative estimate of drug-likeness (QED) is 0.860. The molecule has 0 bridgehead atoms. The SMILES string of the molecule is CSCC(C)(O)CNC(=O)c1ccccc1-c1ccccc1. The molecule has 0 saturated carbocycles. The van der Waals surface area contributed by atoms with E-state index in [2.05, 4.69) is 5.32 Å². The maximum atomic E-state index is 12.5. The second-order valence-corrected chi connectivity index (χ2v) is 6.39. The number of carbonyl (C=O) groups excluding carboxylic acids is 1. The van der Waals surface area contributed by atoms with Gasteiger partial charge >= 0.3 is 0 Å². The molecule has 22 heavy (non-hydrogen) atoms. The van der Waals surface area contributed by atoms with Crippen LogP contribution in [-0.4, -0.2) is 35.2 Å². The molecule has 0 heterocycles. The van der Waals surface area contributed by atoms with Crippen molar-refractivity contribution in [2.24, 2.45) is 0 Å². The molecule has 0 radical (unpaired) electrons. The fourth-order valence-electron chi connectivity index (χ4n) is 2.28. The highest BCUT2D eigenvalue weighted by molar-refractivity contribution is 7.98. The van der Waals surface area contributed by atoms with E-state index >= 15 is 0 Å². The molecule has 1 atom stereocenters. The van der Waals surface area contributed by atoms with E-state index in [1.54, 1.807) is 24.8 Å². The van der Waals surface area contributed by atoms with Crippen molar-refractivity contribution in [3.05, 3.63) is 60.2 Å². The lowest BCUT2D eigenvalue weighted by atomic mass is 9.99. The molecule has 2 aromatic rings. The van der Waals surface area contributed by atoms with Gasteiger partial charge in [-0.1, -0.05) is 48.5 Å². The first-order valence-electron chi connectivity index (χ1n) is 7.17. The van der Waals surface area contributed by atoms with Crippen molar-refractivity contribution in [1.29, 1.82) is 0 Å². The van der Waals surface area contributed by atoms with Crippen molar-refractivity contribution in [1.82, 2.24) is 5.32 Å². The van der Waals surface area contributed by atoms with Crippen LogP contribution in [0.1, 0.15) is 17.3 Å². The van der Waals surface area contributed by atoms with Crippen LogP contribution in [-0.2, 0) is 0 Å². The lowest BCUT2D eigenvalue weighted by molar-refractivity contribution is 0.0725. The van der Waals surface area contributed by atoms with E-state index in [0.29, 0.717) is 11.3 Å². The molecule has 1 amide bonds. The smallest absolute Gasteiger partial charge is 0.252 e. The third kappa shape index (κ3) is 4.36. The van der Waals surface area contributed by atoms with E-state index in [1.165, 1.54) is 0 Å². The van der Waals surface area contributed by atoms with Gasteiger partial charge < -0.3 is 10.4 Å². The summed E-state index contributed by atoms with van der Waals surface area (Å²) in [6, 6.07) is 17.3. The lowest BCUT2D eigenvalue weighted by Gasteiger charge is -2.22. The number of hydrogen-bond acceptors (Lipinski definition) is 3. The number of amides is 1. The number of carbonyl (C=O) groups is 1. The maximum Gasteiger partial charge on any atom is 0.252 e. The summed E-state index contributed by atoms with van der Waals surface area (Å²) in [5, 5.41) is 13.0. The van der Waals surface area contributed by atoms with Gasteiger partial charge in [-0.25, -0.2) is 0 Å². The Bertz CT molecular complexity index is 626. The van der Waals surface area contributed by atoms with Crippen molar-refractivity contribution in [3.8, 4) is 11.1 Å². The summed E-state index contributed by atoms with van der Waals surface area (Å²) in [4.78, 5) is 12.5. The Morgan fingerprint density at radius 1 is 1.14 bits per heavy atom. The zero-order valence-corrected chi connectivity index (χ0v) is 13.7. The number of aliphatic hydroxyl groups is 1. The van der Waals surface area contributed by atoms with Crippen LogP contribution in [0.2, 0.25) is 0 Å². The van der Waals surface area contributed by atoms with Gasteiger partial charge in [0.2, 0.25) is 0 Å². The van der Waals surface area contributed by atoms with Gasteiger partial charge in [0.05, 0.1) is 5.60 Å². The van der Waals surface area contributed by atoms with Crippen molar-refractivity contribution < 1.29 is 9.90 Å². The molecule has 3 nitrogen and oxygen atoms in total. The average molecular weight is 315 g/mol. The van der Waals surface area contributed by atoms with Gasteiger partial charge in [-0.2, -0.15) is 11.8 Å². The maximum absolute atomic E-state index is 12.5. The fraction of sp³-hybridized carbons (Fsp3) is 0.278. The van der Waals surface area contributed by atoms with Crippen LogP contribution in [0, 0.1) is 0 Å². The first-order chi connectivity index (χ1) is 10.5. The highest BCUT2D eigenvalue weighted by Gasteiger charge is 2.21. The van der Waals surface area contributed by atoms with Gasteiger partial charge in [0.25, 0.3) is 5.91 Å². The first-order valence-corrected chi connectivity index (χ1v) is 8.57. The minimum Gasteiger partial charge on any atom is -0.387 e. The van der Waals surface area contributed by atoms with Crippen molar-refractivity contribution in [2.75, 3.05) is 18.6 Å². The van der Waals surface area contributed by atoms with Gasteiger partial charge in [-0.05, 0) is 30.4 Å². The number of nitrogens with one attached hydrogen (secondary N) is 1. The van der Waals surface area contributed by atoms with Gasteiger partial charge in [0.15, 0.2) is 0 Å². The van der Waals surface area contributed by atoms with Gasteiger partial charge in [0.1, 0.15) is 0 Å². The summed E-state index contributed by atoms with van der Waals surface area (Å²) in [6.07, 6.45) is 1.93. The molecule has 0 aromatic heterocycles. The van der Waals surface area contributed by atoms with E-state index in [1.807, 2.05) is 54.8 Å². The van der Waals surface area contributed by atoms with Crippen LogP contribution in [0.5, 0.6) is 0 Å². The molecule has 0 aliphatic carbocycles. The Labute approximate surface area is 135 Å². The highest BCUT2D eigenvalue weighted by atomic mass is 32.2. The molecule has 0 fully saturated rings. The normalized spacial score (nSPS) is 13.4. The molecule has 2 rings (SSSR count). The van der Waals surface area contributed by atoms with Crippen LogP contribution in [0.4, 0.5) is 0 Å². The third-order valence-electron chi connectivity index (χ3n) is 3.34. The number of rotatable bonds is 6. The molecular formula is C18H21NO2S. The largest absolute Gasteiger partial charge is 0.387 e. The Morgan fingerprint density at radius 2 is 1.77 bits per heavy atom. The molecule has 0 spiro atoms. The van der Waals surface area contributed by atoms with E-state index in [4.69, 9.17) is 0 Å². The summed E-state index contributed by atoms with van der Waals surface area (Å²) in [5.74, 6) is 0.411. The molecular weight excluding hydrogens is 294 g/mol. The van der Waals surface area contributed by atoms with E-state index < -0.39 is 5.60 Å². The molecule has 4 heteroatoms. The third-order valence-corrected chi connectivity index (χ3v) is 4.25. The molecule has 0 aliphatic rings. The average Bonchev–Trinajstić information content (AvgIpc) is 2.53. The highest BCUT2D eigenvalue weighted by Crippen LogP contribution is 2.23. The number of benzene rings is 2. The summed E-state index contributed by atoms with van der Waals surface area (Å²) in [7, 11) is 0. The van der Waals surface area contributed by atoms with E-state index in [0.717, 1.165) is 11.1 Å². The van der Waals surface area contributed by atoms with Crippen LogP contribution in [0.25, 0.3) is 11.1 Å². The summed E-state index contributed by atoms with van der Waals surface area (Å²) >= 11 is 1.55. The minimum absolute atomic E-state index is 0.166. The van der Waals surface area contributed by atoms with Crippen LogP contribution < -0.4 is 5.32 Å². The van der Waals surface area contributed by atoms with Crippen molar-refractivity contribution >= 4 is 17.7 Å². The van der Waals surface area contributed by atoms with Crippen LogP contribution >= 0.6 is 11.8 Å². The first kappa shape index (κ1) is 16.6. The Hall–Kier alpha value is -1.78. The standard InChI is InChI=1S/C18H21NO2S/c1-18(21,13-22-2)12-19-17(20)16-11-7-6-10-15(16)14-8-4-3-5-9-14/h3-11,21H,12-13H2,1-2H3,(H,19,20). The van der Waals surface area contributed by atoms with E-state index in [-0.39, 0.29) is 12.5 Å². The topological polar surface area (TPSA) is 49.3 Å². The molecule has 2 N–H and O–H groups in total. The predicted octanol–water partition coefficient (Wildman–Crippen LogP) is 3.20. The van der Waals surface area contributed by atoms with Crippen LogP contribution in [0.15, 0.2) is 54.6 Å². The summed E-state index contributed by atoms with van der Waals surface area (Å²) < 4.78 is 0. The monoisotopic (exact) mass is 315 g/mol. The Morgan fingerprint density at radius 3 is 2.45 bits per heavy atom. The lowest BCUT2D eigenvalue weighted by Crippen LogP contribution is -2.42. The zero-order chi connectivity index (χ0) is 16.0. The zero-order valence-electron chi connectivity index (χ0n) is 12.9. The second kappa shape index (κ2) is 7.47.